The first-order valence-corrected chi connectivity index (χ1v) is 5.49. The smallest absolute Gasteiger partial charge is 0.407 e. The largest absolute Gasteiger partial charge is 0.449 e. The summed E-state index contributed by atoms with van der Waals surface area (Å²) in [7, 11) is 0. The van der Waals surface area contributed by atoms with Gasteiger partial charge in [-0.2, -0.15) is 0 Å². The molecule has 3 unspecified atom stereocenters. The summed E-state index contributed by atoms with van der Waals surface area (Å²) in [5.41, 5.74) is 0.566. The fourth-order valence-corrected chi connectivity index (χ4v) is 4.00. The monoisotopic (exact) mass is 195 g/mol. The van der Waals surface area contributed by atoms with Crippen LogP contribution in [0.15, 0.2) is 0 Å². The summed E-state index contributed by atoms with van der Waals surface area (Å²) in [5, 5.41) is 2.99. The van der Waals surface area contributed by atoms with Crippen LogP contribution in [0.5, 0.6) is 0 Å². The second kappa shape index (κ2) is 2.26. The molecule has 1 N–H and O–H groups in total. The first-order chi connectivity index (χ1) is 6.56. The molecule has 3 aliphatic rings. The van der Waals surface area contributed by atoms with E-state index in [2.05, 4.69) is 19.2 Å². The van der Waals surface area contributed by atoms with Crippen LogP contribution in [-0.2, 0) is 4.74 Å². The average Bonchev–Trinajstić information content (AvgIpc) is 2.49. The number of cyclic esters (lactones) is 1. The maximum atomic E-state index is 11.2. The van der Waals surface area contributed by atoms with Gasteiger partial charge < -0.3 is 10.1 Å². The number of rotatable bonds is 0. The van der Waals surface area contributed by atoms with E-state index in [1.54, 1.807) is 0 Å². The lowest BCUT2D eigenvalue weighted by Gasteiger charge is -2.44. The molecule has 1 saturated heterocycles. The van der Waals surface area contributed by atoms with Gasteiger partial charge in [0.2, 0.25) is 0 Å². The van der Waals surface area contributed by atoms with Gasteiger partial charge in [0.1, 0.15) is 6.61 Å². The van der Waals surface area contributed by atoms with Crippen molar-refractivity contribution in [3.63, 3.8) is 0 Å². The molecule has 3 nitrogen and oxygen atoms in total. The van der Waals surface area contributed by atoms with Crippen LogP contribution in [0.3, 0.4) is 0 Å². The summed E-state index contributed by atoms with van der Waals surface area (Å²) >= 11 is 0. The van der Waals surface area contributed by atoms with Crippen molar-refractivity contribution in [3.8, 4) is 0 Å². The topological polar surface area (TPSA) is 38.3 Å². The first kappa shape index (κ1) is 8.57. The van der Waals surface area contributed by atoms with Crippen LogP contribution in [0.2, 0.25) is 0 Å². The maximum absolute atomic E-state index is 11.2. The normalized spacial score (nSPS) is 48.3. The number of hydrogen-bond donors (Lipinski definition) is 1. The number of carbonyl (C=O) groups excluding carboxylic acids is 1. The number of amides is 1. The van der Waals surface area contributed by atoms with E-state index < -0.39 is 0 Å². The molecule has 1 spiro atoms. The van der Waals surface area contributed by atoms with Gasteiger partial charge in [-0.25, -0.2) is 4.79 Å². The highest BCUT2D eigenvalue weighted by atomic mass is 16.6. The maximum Gasteiger partial charge on any atom is 0.407 e. The summed E-state index contributed by atoms with van der Waals surface area (Å²) in [6, 6.07) is 0.373. The number of ether oxygens (including phenoxy) is 1. The number of hydrogen-bond acceptors (Lipinski definition) is 2. The zero-order chi connectivity index (χ0) is 9.97. The van der Waals surface area contributed by atoms with Crippen molar-refractivity contribution in [2.45, 2.75) is 39.2 Å². The summed E-state index contributed by atoms with van der Waals surface area (Å²) < 4.78 is 5.20. The first-order valence-electron chi connectivity index (χ1n) is 5.49. The molecule has 1 amide bonds. The molecule has 0 aromatic carbocycles. The van der Waals surface area contributed by atoms with Gasteiger partial charge in [-0.15, -0.1) is 0 Å². The third-order valence-corrected chi connectivity index (χ3v) is 5.18. The van der Waals surface area contributed by atoms with Crippen molar-refractivity contribution in [2.24, 2.45) is 16.7 Å². The molecule has 2 saturated carbocycles. The van der Waals surface area contributed by atoms with E-state index in [1.165, 1.54) is 12.8 Å². The molecule has 3 rings (SSSR count). The van der Waals surface area contributed by atoms with Crippen molar-refractivity contribution in [2.75, 3.05) is 6.61 Å². The Morgan fingerprint density at radius 2 is 2.29 bits per heavy atom. The summed E-state index contributed by atoms with van der Waals surface area (Å²) in [4.78, 5) is 11.2. The summed E-state index contributed by atoms with van der Waals surface area (Å²) in [6.07, 6.45) is 3.46. The number of nitrogens with one attached hydrogen (secondary N) is 1. The minimum Gasteiger partial charge on any atom is -0.449 e. The zero-order valence-electron chi connectivity index (χ0n) is 8.80. The van der Waals surface area contributed by atoms with E-state index in [0.717, 1.165) is 12.3 Å². The Morgan fingerprint density at radius 3 is 3.00 bits per heavy atom. The lowest BCUT2D eigenvalue weighted by atomic mass is 9.68. The fraction of sp³-hybridized carbons (Fsp3) is 0.909. The number of fused-ring (bicyclic) bond motifs is 1. The molecule has 0 radical (unpaired) electrons. The molecular weight excluding hydrogens is 178 g/mol. The summed E-state index contributed by atoms with van der Waals surface area (Å²) in [6.45, 7) is 5.31. The predicted octanol–water partition coefficient (Wildman–Crippen LogP) is 1.92. The van der Waals surface area contributed by atoms with Crippen LogP contribution >= 0.6 is 0 Å². The lowest BCUT2D eigenvalue weighted by Crippen LogP contribution is -2.56. The van der Waals surface area contributed by atoms with Gasteiger partial charge in [0, 0.05) is 11.5 Å². The zero-order valence-corrected chi connectivity index (χ0v) is 8.80. The van der Waals surface area contributed by atoms with E-state index in [9.17, 15) is 4.79 Å². The van der Waals surface area contributed by atoms with Crippen LogP contribution in [0.4, 0.5) is 4.79 Å². The Hall–Kier alpha value is -0.730. The van der Waals surface area contributed by atoms with Crippen molar-refractivity contribution >= 4 is 6.09 Å². The van der Waals surface area contributed by atoms with Crippen LogP contribution in [0.25, 0.3) is 0 Å². The Labute approximate surface area is 84.2 Å². The van der Waals surface area contributed by atoms with Crippen molar-refractivity contribution in [1.29, 1.82) is 0 Å². The quantitative estimate of drug-likeness (QED) is 0.641. The molecule has 3 atom stereocenters. The molecule has 3 fully saturated rings. The Bertz CT molecular complexity index is 300. The molecule has 3 heteroatoms. The van der Waals surface area contributed by atoms with E-state index in [1.807, 2.05) is 0 Å². The molecular formula is C11H17NO2. The highest BCUT2D eigenvalue weighted by Gasteiger charge is 2.66. The minimum atomic E-state index is -0.219. The Morgan fingerprint density at radius 1 is 1.50 bits per heavy atom. The van der Waals surface area contributed by atoms with Gasteiger partial charge in [0.05, 0.1) is 0 Å². The van der Waals surface area contributed by atoms with Gasteiger partial charge >= 0.3 is 6.09 Å². The predicted molar refractivity (Wildman–Crippen MR) is 51.8 cm³/mol. The molecule has 2 bridgehead atoms. The van der Waals surface area contributed by atoms with Gasteiger partial charge in [-0.3, -0.25) is 0 Å². The molecule has 14 heavy (non-hydrogen) atoms. The number of alkyl carbamates (subject to hydrolysis) is 1. The van der Waals surface area contributed by atoms with Crippen molar-refractivity contribution < 1.29 is 9.53 Å². The molecule has 1 aliphatic heterocycles. The van der Waals surface area contributed by atoms with E-state index in [4.69, 9.17) is 4.74 Å². The minimum absolute atomic E-state index is 0.219. The van der Waals surface area contributed by atoms with E-state index in [-0.39, 0.29) is 11.5 Å². The van der Waals surface area contributed by atoms with E-state index >= 15 is 0 Å². The third kappa shape index (κ3) is 0.733. The van der Waals surface area contributed by atoms with Crippen molar-refractivity contribution in [1.82, 2.24) is 5.32 Å². The summed E-state index contributed by atoms with van der Waals surface area (Å²) in [5.74, 6) is 0.773. The average molecular weight is 195 g/mol. The SMILES string of the molecule is CC1(C)C2CCC13COC(=O)NC3C2. The van der Waals surface area contributed by atoms with E-state index in [0.29, 0.717) is 18.1 Å². The Kier molecular flexibility index (Phi) is 1.38. The standard InChI is InChI=1S/C11H17NO2/c1-10(2)7-3-4-11(10)6-14-9(13)12-8(11)5-7/h7-8H,3-6H2,1-2H3,(H,12,13). The van der Waals surface area contributed by atoms with Gasteiger partial charge in [-0.1, -0.05) is 13.8 Å². The van der Waals surface area contributed by atoms with Crippen LogP contribution in [0, 0.1) is 16.7 Å². The van der Waals surface area contributed by atoms with Gasteiger partial charge in [0.25, 0.3) is 0 Å². The molecule has 1 heterocycles. The third-order valence-electron chi connectivity index (χ3n) is 5.18. The molecule has 78 valence electrons. The van der Waals surface area contributed by atoms with Gasteiger partial charge in [0.15, 0.2) is 0 Å². The van der Waals surface area contributed by atoms with Crippen LogP contribution in [0.1, 0.15) is 33.1 Å². The Balaban J connectivity index is 2.01. The van der Waals surface area contributed by atoms with Crippen molar-refractivity contribution in [3.05, 3.63) is 0 Å². The fourth-order valence-electron chi connectivity index (χ4n) is 4.00. The second-order valence-corrected chi connectivity index (χ2v) is 5.62. The molecule has 2 aliphatic carbocycles. The molecule has 0 aromatic rings. The second-order valence-electron chi connectivity index (χ2n) is 5.62. The highest BCUT2D eigenvalue weighted by Crippen LogP contribution is 2.66. The van der Waals surface area contributed by atoms with Gasteiger partial charge in [-0.05, 0) is 30.6 Å². The number of carbonyl (C=O) groups is 1. The van der Waals surface area contributed by atoms with Crippen LogP contribution < -0.4 is 5.32 Å². The van der Waals surface area contributed by atoms with Crippen LogP contribution in [-0.4, -0.2) is 18.7 Å². The molecule has 0 aromatic heterocycles. The highest BCUT2D eigenvalue weighted by molar-refractivity contribution is 5.69. The lowest BCUT2D eigenvalue weighted by molar-refractivity contribution is -0.0165.